The van der Waals surface area contributed by atoms with Crippen LogP contribution in [-0.2, 0) is 6.54 Å². The fourth-order valence-corrected chi connectivity index (χ4v) is 1.96. The molecule has 0 aliphatic carbocycles. The van der Waals surface area contributed by atoms with Crippen LogP contribution in [0.5, 0.6) is 0 Å². The molecule has 1 aromatic rings. The molecule has 0 radical (unpaired) electrons. The molecule has 2 nitrogen and oxygen atoms in total. The van der Waals surface area contributed by atoms with Gasteiger partial charge in [0.25, 0.3) is 0 Å². The van der Waals surface area contributed by atoms with Gasteiger partial charge < -0.3 is 9.73 Å². The number of hydrogen-bond donors (Lipinski definition) is 1. The molecule has 0 aliphatic heterocycles. The van der Waals surface area contributed by atoms with Gasteiger partial charge in [-0.05, 0) is 50.8 Å². The Morgan fingerprint density at radius 2 is 2.00 bits per heavy atom. The van der Waals surface area contributed by atoms with Gasteiger partial charge in [-0.2, -0.15) is 0 Å². The number of rotatable bonds is 5. The Bertz CT molecular complexity index is 262. The fourth-order valence-electron chi connectivity index (χ4n) is 1.30. The monoisotopic (exact) mass is 323 g/mol. The zero-order valence-corrected chi connectivity index (χ0v) is 11.6. The van der Waals surface area contributed by atoms with Gasteiger partial charge in [0.05, 0.1) is 11.0 Å². The van der Waals surface area contributed by atoms with Gasteiger partial charge in [-0.25, -0.2) is 0 Å². The van der Waals surface area contributed by atoms with Crippen LogP contribution in [0.3, 0.4) is 0 Å². The van der Waals surface area contributed by atoms with Gasteiger partial charge >= 0.3 is 0 Å². The molecule has 1 heterocycles. The lowest BCUT2D eigenvalue weighted by Crippen LogP contribution is -2.26. The normalized spacial score (nSPS) is 11.2. The van der Waals surface area contributed by atoms with E-state index in [2.05, 4.69) is 51.0 Å². The van der Waals surface area contributed by atoms with Crippen molar-refractivity contribution in [2.24, 2.45) is 0 Å². The molecular weight excluding hydrogens is 310 g/mol. The summed E-state index contributed by atoms with van der Waals surface area (Å²) in [5.74, 6) is 0.954. The molecule has 1 rings (SSSR count). The van der Waals surface area contributed by atoms with Crippen molar-refractivity contribution in [1.29, 1.82) is 0 Å². The average Bonchev–Trinajstić information content (AvgIpc) is 2.48. The summed E-state index contributed by atoms with van der Waals surface area (Å²) in [5.41, 5.74) is 0. The van der Waals surface area contributed by atoms with Crippen LogP contribution < -0.4 is 5.32 Å². The molecule has 0 fully saturated rings. The highest BCUT2D eigenvalue weighted by molar-refractivity contribution is 9.13. The number of halogens is 2. The van der Waals surface area contributed by atoms with Gasteiger partial charge in [-0.15, -0.1) is 0 Å². The Balaban J connectivity index is 2.45. The molecule has 0 amide bonds. The highest BCUT2D eigenvalue weighted by Crippen LogP contribution is 2.26. The zero-order chi connectivity index (χ0) is 10.6. The predicted molar refractivity (Wildman–Crippen MR) is 65.3 cm³/mol. The summed E-state index contributed by atoms with van der Waals surface area (Å²) in [4.78, 5) is 0. The smallest absolute Gasteiger partial charge is 0.183 e. The second kappa shape index (κ2) is 5.93. The molecule has 0 unspecified atom stereocenters. The Kier molecular flexibility index (Phi) is 5.20. The minimum Gasteiger partial charge on any atom is -0.452 e. The molecular formula is C10H15Br2NO. The molecule has 0 aromatic carbocycles. The quantitative estimate of drug-likeness (QED) is 0.882. The van der Waals surface area contributed by atoms with E-state index in [1.54, 1.807) is 0 Å². The van der Waals surface area contributed by atoms with E-state index < -0.39 is 0 Å². The molecule has 80 valence electrons. The van der Waals surface area contributed by atoms with E-state index in [4.69, 9.17) is 4.42 Å². The van der Waals surface area contributed by atoms with Gasteiger partial charge in [0.15, 0.2) is 4.67 Å². The lowest BCUT2D eigenvalue weighted by Gasteiger charge is -2.12. The Labute approximate surface area is 102 Å². The Morgan fingerprint density at radius 3 is 2.43 bits per heavy atom. The van der Waals surface area contributed by atoms with Crippen LogP contribution in [0.4, 0.5) is 0 Å². The lowest BCUT2D eigenvalue weighted by atomic mass is 10.2. The number of hydrogen-bond acceptors (Lipinski definition) is 2. The summed E-state index contributed by atoms with van der Waals surface area (Å²) >= 11 is 6.70. The van der Waals surface area contributed by atoms with E-state index in [1.807, 2.05) is 6.07 Å². The van der Waals surface area contributed by atoms with E-state index in [1.165, 1.54) is 0 Å². The van der Waals surface area contributed by atoms with E-state index in [0.29, 0.717) is 6.04 Å². The molecule has 0 saturated carbocycles. The summed E-state index contributed by atoms with van der Waals surface area (Å²) < 4.78 is 7.19. The Morgan fingerprint density at radius 1 is 1.36 bits per heavy atom. The van der Waals surface area contributed by atoms with E-state index >= 15 is 0 Å². The van der Waals surface area contributed by atoms with Crippen LogP contribution in [0.25, 0.3) is 0 Å². The zero-order valence-electron chi connectivity index (χ0n) is 8.44. The van der Waals surface area contributed by atoms with Crippen molar-refractivity contribution in [3.05, 3.63) is 21.0 Å². The van der Waals surface area contributed by atoms with Crippen molar-refractivity contribution < 1.29 is 4.42 Å². The largest absolute Gasteiger partial charge is 0.452 e. The first-order valence-electron chi connectivity index (χ1n) is 4.84. The molecule has 0 saturated heterocycles. The second-order valence-electron chi connectivity index (χ2n) is 3.23. The average molecular weight is 325 g/mol. The number of nitrogens with one attached hydrogen (secondary N) is 1. The van der Waals surface area contributed by atoms with Gasteiger partial charge in [0.1, 0.15) is 5.76 Å². The summed E-state index contributed by atoms with van der Waals surface area (Å²) in [7, 11) is 0. The van der Waals surface area contributed by atoms with Crippen LogP contribution in [0.2, 0.25) is 0 Å². The maximum absolute atomic E-state index is 5.46. The molecule has 1 N–H and O–H groups in total. The summed E-state index contributed by atoms with van der Waals surface area (Å²) in [5, 5.41) is 3.44. The van der Waals surface area contributed by atoms with Gasteiger partial charge in [0.2, 0.25) is 0 Å². The van der Waals surface area contributed by atoms with Crippen molar-refractivity contribution in [2.45, 2.75) is 39.3 Å². The molecule has 1 aromatic heterocycles. The first-order chi connectivity index (χ1) is 6.67. The van der Waals surface area contributed by atoms with Gasteiger partial charge in [-0.1, -0.05) is 13.8 Å². The maximum atomic E-state index is 5.46. The van der Waals surface area contributed by atoms with E-state index in [9.17, 15) is 0 Å². The Hall–Kier alpha value is 0.200. The minimum absolute atomic E-state index is 0.581. The van der Waals surface area contributed by atoms with Crippen molar-refractivity contribution in [2.75, 3.05) is 0 Å². The van der Waals surface area contributed by atoms with E-state index in [-0.39, 0.29) is 0 Å². The first-order valence-corrected chi connectivity index (χ1v) is 6.43. The van der Waals surface area contributed by atoms with Crippen LogP contribution in [0, 0.1) is 0 Å². The van der Waals surface area contributed by atoms with Crippen LogP contribution in [0.1, 0.15) is 32.4 Å². The molecule has 4 heteroatoms. The molecule has 0 aliphatic rings. The summed E-state index contributed by atoms with van der Waals surface area (Å²) in [6.45, 7) is 5.17. The highest BCUT2D eigenvalue weighted by Gasteiger charge is 2.07. The second-order valence-corrected chi connectivity index (χ2v) is 4.80. The van der Waals surface area contributed by atoms with Crippen molar-refractivity contribution in [1.82, 2.24) is 5.32 Å². The standard InChI is InChI=1S/C10H15Br2NO/c1-3-7(4-2)13-6-8-5-9(11)10(12)14-8/h5,7,13H,3-4,6H2,1-2H3. The van der Waals surface area contributed by atoms with Crippen LogP contribution >= 0.6 is 31.9 Å². The van der Waals surface area contributed by atoms with Gasteiger partial charge in [-0.3, -0.25) is 0 Å². The van der Waals surface area contributed by atoms with Crippen molar-refractivity contribution in [3.63, 3.8) is 0 Å². The lowest BCUT2D eigenvalue weighted by molar-refractivity contribution is 0.420. The van der Waals surface area contributed by atoms with E-state index in [0.717, 1.165) is 34.3 Å². The first kappa shape index (κ1) is 12.3. The summed E-state index contributed by atoms with van der Waals surface area (Å²) in [6.07, 6.45) is 2.30. The topological polar surface area (TPSA) is 25.2 Å². The van der Waals surface area contributed by atoms with Crippen LogP contribution in [0.15, 0.2) is 19.6 Å². The fraction of sp³-hybridized carbons (Fsp3) is 0.600. The predicted octanol–water partition coefficient (Wildman–Crippen LogP) is 4.08. The molecule has 0 spiro atoms. The molecule has 0 bridgehead atoms. The summed E-state index contributed by atoms with van der Waals surface area (Å²) in [6, 6.07) is 2.57. The third-order valence-corrected chi connectivity index (χ3v) is 3.96. The number of furan rings is 1. The maximum Gasteiger partial charge on any atom is 0.183 e. The van der Waals surface area contributed by atoms with Crippen molar-refractivity contribution >= 4 is 31.9 Å². The minimum atomic E-state index is 0.581. The third kappa shape index (κ3) is 3.41. The highest BCUT2D eigenvalue weighted by atomic mass is 79.9. The molecule has 14 heavy (non-hydrogen) atoms. The third-order valence-electron chi connectivity index (χ3n) is 2.25. The molecule has 0 atom stereocenters. The van der Waals surface area contributed by atoms with Crippen molar-refractivity contribution in [3.8, 4) is 0 Å². The SMILES string of the molecule is CCC(CC)NCc1cc(Br)c(Br)o1. The van der Waals surface area contributed by atoms with Gasteiger partial charge in [0, 0.05) is 6.04 Å². The van der Waals surface area contributed by atoms with Crippen LogP contribution in [-0.4, -0.2) is 6.04 Å².